The van der Waals surface area contributed by atoms with Gasteiger partial charge in [-0.15, -0.1) is 0 Å². The van der Waals surface area contributed by atoms with Gasteiger partial charge in [0.1, 0.15) is 6.33 Å². The van der Waals surface area contributed by atoms with E-state index in [1.165, 1.54) is 6.33 Å². The van der Waals surface area contributed by atoms with Crippen LogP contribution in [0.1, 0.15) is 12.6 Å². The quantitative estimate of drug-likeness (QED) is 0.768. The van der Waals surface area contributed by atoms with Crippen LogP contribution in [0.2, 0.25) is 0 Å². The minimum absolute atomic E-state index is 0.0492. The Bertz CT molecular complexity index is 477. The molecule has 0 amide bonds. The molecule has 0 spiro atoms. The molecule has 0 bridgehead atoms. The number of rotatable bonds is 3. The van der Waals surface area contributed by atoms with E-state index >= 15 is 0 Å². The van der Waals surface area contributed by atoms with Crippen LogP contribution in [-0.4, -0.2) is 27.0 Å². The Morgan fingerprint density at radius 1 is 1.31 bits per heavy atom. The Morgan fingerprint density at radius 3 is 2.88 bits per heavy atom. The Kier molecular flexibility index (Phi) is 3.07. The molecule has 4 N–H and O–H groups in total. The van der Waals surface area contributed by atoms with Crippen LogP contribution in [0.4, 0.5) is 0 Å². The van der Waals surface area contributed by atoms with Gasteiger partial charge in [0.2, 0.25) is 0 Å². The van der Waals surface area contributed by atoms with Crippen molar-refractivity contribution >= 4 is 10.9 Å². The van der Waals surface area contributed by atoms with Gasteiger partial charge in [-0.3, -0.25) is 4.98 Å². The van der Waals surface area contributed by atoms with Crippen LogP contribution >= 0.6 is 0 Å². The van der Waals surface area contributed by atoms with Crippen molar-refractivity contribution in [2.45, 2.75) is 25.4 Å². The van der Waals surface area contributed by atoms with Crippen LogP contribution in [0.5, 0.6) is 0 Å². The molecule has 0 aliphatic rings. The SMILES string of the molecule is CC(N)C(N)Cc1ncnc2cnccc12. The molecule has 0 saturated carbocycles. The molecule has 0 aliphatic heterocycles. The predicted octanol–water partition coefficient (Wildman–Crippen LogP) is 0.242. The monoisotopic (exact) mass is 217 g/mol. The van der Waals surface area contributed by atoms with E-state index in [9.17, 15) is 0 Å². The average molecular weight is 217 g/mol. The molecule has 0 aromatic carbocycles. The molecular formula is C11H15N5. The molecule has 0 saturated heterocycles. The van der Waals surface area contributed by atoms with Crippen molar-refractivity contribution in [2.24, 2.45) is 11.5 Å². The number of fused-ring (bicyclic) bond motifs is 1. The molecule has 2 unspecified atom stereocenters. The highest BCUT2D eigenvalue weighted by Gasteiger charge is 2.12. The van der Waals surface area contributed by atoms with Crippen LogP contribution in [0.3, 0.4) is 0 Å². The number of nitrogens with two attached hydrogens (primary N) is 2. The fraction of sp³-hybridized carbons (Fsp3) is 0.364. The first-order valence-electron chi connectivity index (χ1n) is 5.23. The fourth-order valence-corrected chi connectivity index (χ4v) is 1.54. The van der Waals surface area contributed by atoms with E-state index in [2.05, 4.69) is 15.0 Å². The van der Waals surface area contributed by atoms with Crippen LogP contribution in [0.25, 0.3) is 10.9 Å². The minimum Gasteiger partial charge on any atom is -0.327 e. The highest BCUT2D eigenvalue weighted by Crippen LogP contribution is 2.14. The van der Waals surface area contributed by atoms with E-state index in [0.717, 1.165) is 16.6 Å². The van der Waals surface area contributed by atoms with Gasteiger partial charge in [-0.1, -0.05) is 0 Å². The zero-order valence-corrected chi connectivity index (χ0v) is 9.17. The molecule has 2 rings (SSSR count). The summed E-state index contributed by atoms with van der Waals surface area (Å²) in [6.45, 7) is 1.90. The number of hydrogen-bond donors (Lipinski definition) is 2. The first-order valence-corrected chi connectivity index (χ1v) is 5.23. The molecule has 2 aromatic heterocycles. The number of pyridine rings is 1. The number of nitrogens with zero attached hydrogens (tertiary/aromatic N) is 3. The van der Waals surface area contributed by atoms with Crippen molar-refractivity contribution in [1.29, 1.82) is 0 Å². The highest BCUT2D eigenvalue weighted by atomic mass is 14.9. The van der Waals surface area contributed by atoms with Crippen molar-refractivity contribution < 1.29 is 0 Å². The van der Waals surface area contributed by atoms with Gasteiger partial charge in [-0.05, 0) is 13.0 Å². The summed E-state index contributed by atoms with van der Waals surface area (Å²) in [7, 11) is 0. The Morgan fingerprint density at radius 2 is 2.12 bits per heavy atom. The summed E-state index contributed by atoms with van der Waals surface area (Å²) >= 11 is 0. The third-order valence-electron chi connectivity index (χ3n) is 2.63. The lowest BCUT2D eigenvalue weighted by Gasteiger charge is -2.15. The zero-order chi connectivity index (χ0) is 11.5. The van der Waals surface area contributed by atoms with Gasteiger partial charge >= 0.3 is 0 Å². The molecule has 0 aliphatic carbocycles. The maximum Gasteiger partial charge on any atom is 0.116 e. The second kappa shape index (κ2) is 4.51. The smallest absolute Gasteiger partial charge is 0.116 e. The topological polar surface area (TPSA) is 90.7 Å². The van der Waals surface area contributed by atoms with E-state index in [4.69, 9.17) is 11.5 Å². The van der Waals surface area contributed by atoms with Crippen molar-refractivity contribution in [1.82, 2.24) is 15.0 Å². The summed E-state index contributed by atoms with van der Waals surface area (Å²) in [6, 6.07) is 1.76. The van der Waals surface area contributed by atoms with E-state index in [-0.39, 0.29) is 12.1 Å². The van der Waals surface area contributed by atoms with Gasteiger partial charge in [-0.2, -0.15) is 0 Å². The third-order valence-corrected chi connectivity index (χ3v) is 2.63. The lowest BCUT2D eigenvalue weighted by molar-refractivity contribution is 0.553. The van der Waals surface area contributed by atoms with Crippen molar-refractivity contribution in [3.05, 3.63) is 30.5 Å². The molecule has 0 fully saturated rings. The van der Waals surface area contributed by atoms with Gasteiger partial charge in [0.25, 0.3) is 0 Å². The highest BCUT2D eigenvalue weighted by molar-refractivity contribution is 5.79. The first kappa shape index (κ1) is 10.9. The zero-order valence-electron chi connectivity index (χ0n) is 9.17. The summed E-state index contributed by atoms with van der Waals surface area (Å²) in [5.74, 6) is 0. The van der Waals surface area contributed by atoms with Gasteiger partial charge < -0.3 is 11.5 Å². The van der Waals surface area contributed by atoms with Crippen LogP contribution in [0, 0.1) is 0 Å². The normalized spacial score (nSPS) is 14.9. The molecular weight excluding hydrogens is 202 g/mol. The van der Waals surface area contributed by atoms with Crippen molar-refractivity contribution in [3.8, 4) is 0 Å². The Hall–Kier alpha value is -1.59. The minimum atomic E-state index is -0.0914. The molecule has 2 heterocycles. The van der Waals surface area contributed by atoms with Gasteiger partial charge in [0.15, 0.2) is 0 Å². The van der Waals surface area contributed by atoms with E-state index in [1.807, 2.05) is 13.0 Å². The van der Waals surface area contributed by atoms with Crippen molar-refractivity contribution in [3.63, 3.8) is 0 Å². The molecule has 84 valence electrons. The summed E-state index contributed by atoms with van der Waals surface area (Å²) < 4.78 is 0. The predicted molar refractivity (Wildman–Crippen MR) is 62.7 cm³/mol. The molecule has 5 nitrogen and oxygen atoms in total. The van der Waals surface area contributed by atoms with E-state index in [1.54, 1.807) is 12.4 Å². The molecule has 2 atom stereocenters. The largest absolute Gasteiger partial charge is 0.327 e. The second-order valence-corrected chi connectivity index (χ2v) is 3.94. The summed E-state index contributed by atoms with van der Waals surface area (Å²) in [5.41, 5.74) is 13.5. The van der Waals surface area contributed by atoms with E-state index < -0.39 is 0 Å². The average Bonchev–Trinajstić information content (AvgIpc) is 2.29. The van der Waals surface area contributed by atoms with Gasteiger partial charge in [0, 0.05) is 30.1 Å². The lowest BCUT2D eigenvalue weighted by Crippen LogP contribution is -2.40. The van der Waals surface area contributed by atoms with Gasteiger partial charge in [-0.25, -0.2) is 9.97 Å². The Labute approximate surface area is 93.9 Å². The maximum absolute atomic E-state index is 5.94. The molecule has 0 radical (unpaired) electrons. The molecule has 5 heteroatoms. The first-order chi connectivity index (χ1) is 7.68. The maximum atomic E-state index is 5.94. The Balaban J connectivity index is 2.37. The van der Waals surface area contributed by atoms with Crippen LogP contribution < -0.4 is 11.5 Å². The number of aromatic nitrogens is 3. The standard InChI is InChI=1S/C11H15N5/c1-7(12)9(13)4-10-8-2-3-14-5-11(8)16-6-15-10/h2-3,5-7,9H,4,12-13H2,1H3. The van der Waals surface area contributed by atoms with Crippen LogP contribution in [-0.2, 0) is 6.42 Å². The fourth-order valence-electron chi connectivity index (χ4n) is 1.54. The summed E-state index contributed by atoms with van der Waals surface area (Å²) in [5, 5.41) is 0.994. The van der Waals surface area contributed by atoms with Crippen molar-refractivity contribution in [2.75, 3.05) is 0 Å². The number of hydrogen-bond acceptors (Lipinski definition) is 5. The molecule has 16 heavy (non-hydrogen) atoms. The summed E-state index contributed by atoms with van der Waals surface area (Å²) in [6.07, 6.45) is 5.64. The third kappa shape index (κ3) is 2.15. The van der Waals surface area contributed by atoms with E-state index in [0.29, 0.717) is 6.42 Å². The summed E-state index contributed by atoms with van der Waals surface area (Å²) in [4.78, 5) is 12.4. The van der Waals surface area contributed by atoms with Gasteiger partial charge in [0.05, 0.1) is 17.4 Å². The second-order valence-electron chi connectivity index (χ2n) is 3.94. The van der Waals surface area contributed by atoms with Crippen LogP contribution in [0.15, 0.2) is 24.8 Å². The molecule has 2 aromatic rings. The lowest BCUT2D eigenvalue weighted by atomic mass is 10.0.